The maximum atomic E-state index is 12.6. The van der Waals surface area contributed by atoms with Crippen molar-refractivity contribution in [1.29, 1.82) is 0 Å². The highest BCUT2D eigenvalue weighted by Crippen LogP contribution is 2.31. The summed E-state index contributed by atoms with van der Waals surface area (Å²) < 4.78 is 37.8. The maximum absolute atomic E-state index is 12.6. The molecule has 2 unspecified atom stereocenters. The number of carboxylic acid groups (broad SMARTS) is 1. The predicted molar refractivity (Wildman–Crippen MR) is 66.2 cm³/mol. The Kier molecular flexibility index (Phi) is 4.15. The minimum Gasteiger partial charge on any atom is -0.481 e. The summed E-state index contributed by atoms with van der Waals surface area (Å²) in [7, 11) is 0. The predicted octanol–water partition coefficient (Wildman–Crippen LogP) is 3.16. The second-order valence-corrected chi connectivity index (χ2v) is 4.91. The largest absolute Gasteiger partial charge is 0.481 e. The number of nitrogens with one attached hydrogen (secondary N) is 1. The number of rotatable bonds is 3. The monoisotopic (exact) mass is 288 g/mol. The van der Waals surface area contributed by atoms with Crippen molar-refractivity contribution in [2.24, 2.45) is 5.92 Å². The molecule has 0 bridgehead atoms. The minimum absolute atomic E-state index is 0.0676. The first-order valence-electron chi connectivity index (χ1n) is 6.40. The highest BCUT2D eigenvalue weighted by Gasteiger charge is 2.33. The number of alkyl halides is 3. The summed E-state index contributed by atoms with van der Waals surface area (Å²) in [5, 5.41) is 12.0. The third kappa shape index (κ3) is 3.40. The molecule has 110 valence electrons. The summed E-state index contributed by atoms with van der Waals surface area (Å²) >= 11 is 0. The molecule has 4 nitrogen and oxygen atoms in total. The smallest absolute Gasteiger partial charge is 0.416 e. The van der Waals surface area contributed by atoms with E-state index in [0.717, 1.165) is 31.2 Å². The van der Waals surface area contributed by atoms with Gasteiger partial charge in [0.25, 0.3) is 0 Å². The van der Waals surface area contributed by atoms with Crippen LogP contribution in [-0.2, 0) is 11.0 Å². The lowest BCUT2D eigenvalue weighted by Gasteiger charge is -2.29. The normalized spacial score (nSPS) is 23.4. The van der Waals surface area contributed by atoms with Crippen LogP contribution >= 0.6 is 0 Å². The van der Waals surface area contributed by atoms with Gasteiger partial charge < -0.3 is 10.4 Å². The fraction of sp³-hybridized carbons (Fsp3) is 0.538. The highest BCUT2D eigenvalue weighted by atomic mass is 19.4. The van der Waals surface area contributed by atoms with Gasteiger partial charge in [0.1, 0.15) is 5.82 Å². The summed E-state index contributed by atoms with van der Waals surface area (Å²) in [6, 6.07) is 1.42. The first-order chi connectivity index (χ1) is 9.38. The van der Waals surface area contributed by atoms with E-state index in [9.17, 15) is 18.0 Å². The van der Waals surface area contributed by atoms with E-state index in [-0.39, 0.29) is 11.9 Å². The number of halogens is 3. The average Bonchev–Trinajstić information content (AvgIpc) is 2.38. The molecule has 2 N–H and O–H groups in total. The molecule has 1 fully saturated rings. The molecular formula is C13H15F3N2O2. The van der Waals surface area contributed by atoms with Gasteiger partial charge in [-0.05, 0) is 25.0 Å². The van der Waals surface area contributed by atoms with Gasteiger partial charge in [0.05, 0.1) is 11.5 Å². The van der Waals surface area contributed by atoms with E-state index in [2.05, 4.69) is 10.3 Å². The maximum Gasteiger partial charge on any atom is 0.416 e. The molecule has 1 saturated carbocycles. The first-order valence-corrected chi connectivity index (χ1v) is 6.40. The molecule has 0 aromatic carbocycles. The Bertz CT molecular complexity index is 491. The van der Waals surface area contributed by atoms with Crippen LogP contribution < -0.4 is 5.32 Å². The Labute approximate surface area is 114 Å². The van der Waals surface area contributed by atoms with E-state index in [4.69, 9.17) is 5.11 Å². The van der Waals surface area contributed by atoms with E-state index in [1.54, 1.807) is 0 Å². The Morgan fingerprint density at radius 1 is 1.35 bits per heavy atom. The Morgan fingerprint density at radius 2 is 2.05 bits per heavy atom. The van der Waals surface area contributed by atoms with Crippen LogP contribution in [0.5, 0.6) is 0 Å². The SMILES string of the molecule is O=C(O)C1CCCCC1Nc1cc(C(F)(F)F)ccn1. The first kappa shape index (κ1) is 14.6. The molecule has 0 aliphatic heterocycles. The van der Waals surface area contributed by atoms with Crippen molar-refractivity contribution in [3.8, 4) is 0 Å². The lowest BCUT2D eigenvalue weighted by molar-refractivity contribution is -0.143. The fourth-order valence-electron chi connectivity index (χ4n) is 2.47. The number of anilines is 1. The summed E-state index contributed by atoms with van der Waals surface area (Å²) in [5.74, 6) is -1.44. The van der Waals surface area contributed by atoms with Gasteiger partial charge in [-0.2, -0.15) is 13.2 Å². The van der Waals surface area contributed by atoms with Gasteiger partial charge in [-0.1, -0.05) is 12.8 Å². The molecule has 2 rings (SSSR count). The summed E-state index contributed by atoms with van der Waals surface area (Å²) in [4.78, 5) is 15.0. The molecule has 1 aliphatic carbocycles. The zero-order valence-electron chi connectivity index (χ0n) is 10.7. The van der Waals surface area contributed by atoms with Crippen LogP contribution in [0.2, 0.25) is 0 Å². The number of carboxylic acids is 1. The number of pyridine rings is 1. The van der Waals surface area contributed by atoms with E-state index in [0.29, 0.717) is 12.8 Å². The van der Waals surface area contributed by atoms with Gasteiger partial charge in [-0.15, -0.1) is 0 Å². The molecule has 2 atom stereocenters. The Hall–Kier alpha value is -1.79. The van der Waals surface area contributed by atoms with Gasteiger partial charge in [-0.25, -0.2) is 4.98 Å². The van der Waals surface area contributed by atoms with Gasteiger partial charge in [-0.3, -0.25) is 4.79 Å². The second kappa shape index (κ2) is 5.68. The van der Waals surface area contributed by atoms with Crippen molar-refractivity contribution < 1.29 is 23.1 Å². The molecule has 1 heterocycles. The lowest BCUT2D eigenvalue weighted by Crippen LogP contribution is -2.37. The Morgan fingerprint density at radius 3 is 2.70 bits per heavy atom. The zero-order valence-corrected chi connectivity index (χ0v) is 10.7. The lowest BCUT2D eigenvalue weighted by atomic mass is 9.84. The van der Waals surface area contributed by atoms with Crippen LogP contribution in [0, 0.1) is 5.92 Å². The number of nitrogens with zero attached hydrogens (tertiary/aromatic N) is 1. The molecule has 0 saturated heterocycles. The number of hydrogen-bond donors (Lipinski definition) is 2. The van der Waals surface area contributed by atoms with Crippen molar-refractivity contribution in [2.45, 2.75) is 37.9 Å². The van der Waals surface area contributed by atoms with E-state index in [1.807, 2.05) is 0 Å². The standard InChI is InChI=1S/C13H15F3N2O2/c14-13(15,16)8-5-6-17-11(7-8)18-10-4-2-1-3-9(10)12(19)20/h5-7,9-10H,1-4H2,(H,17,18)(H,19,20). The van der Waals surface area contributed by atoms with Crippen LogP contribution in [0.3, 0.4) is 0 Å². The molecule has 20 heavy (non-hydrogen) atoms. The van der Waals surface area contributed by atoms with Gasteiger partial charge in [0.2, 0.25) is 0 Å². The van der Waals surface area contributed by atoms with Gasteiger partial charge in [0, 0.05) is 12.2 Å². The van der Waals surface area contributed by atoms with Crippen molar-refractivity contribution in [2.75, 3.05) is 5.32 Å². The quantitative estimate of drug-likeness (QED) is 0.897. The molecule has 1 aromatic rings. The van der Waals surface area contributed by atoms with Crippen molar-refractivity contribution in [3.05, 3.63) is 23.9 Å². The van der Waals surface area contributed by atoms with Crippen LogP contribution in [0.25, 0.3) is 0 Å². The van der Waals surface area contributed by atoms with E-state index in [1.165, 1.54) is 0 Å². The minimum atomic E-state index is -4.43. The molecule has 1 aromatic heterocycles. The van der Waals surface area contributed by atoms with E-state index < -0.39 is 23.6 Å². The second-order valence-electron chi connectivity index (χ2n) is 4.91. The molecule has 0 spiro atoms. The van der Waals surface area contributed by atoms with Crippen molar-refractivity contribution in [1.82, 2.24) is 4.98 Å². The third-order valence-corrected chi connectivity index (χ3v) is 3.50. The van der Waals surface area contributed by atoms with Gasteiger partial charge in [0.15, 0.2) is 0 Å². The van der Waals surface area contributed by atoms with Crippen molar-refractivity contribution >= 4 is 11.8 Å². The number of aliphatic carboxylic acids is 1. The molecule has 1 aliphatic rings. The number of carbonyl (C=O) groups is 1. The summed E-state index contributed by atoms with van der Waals surface area (Å²) in [5.41, 5.74) is -0.794. The number of hydrogen-bond acceptors (Lipinski definition) is 3. The van der Waals surface area contributed by atoms with Crippen LogP contribution in [0.4, 0.5) is 19.0 Å². The van der Waals surface area contributed by atoms with Crippen molar-refractivity contribution in [3.63, 3.8) is 0 Å². The summed E-state index contributed by atoms with van der Waals surface area (Å²) in [6.07, 6.45) is -0.520. The molecular weight excluding hydrogens is 273 g/mol. The molecule has 0 amide bonds. The van der Waals surface area contributed by atoms with Crippen LogP contribution in [-0.4, -0.2) is 22.1 Å². The fourth-order valence-corrected chi connectivity index (χ4v) is 2.47. The van der Waals surface area contributed by atoms with Crippen LogP contribution in [0.15, 0.2) is 18.3 Å². The topological polar surface area (TPSA) is 62.2 Å². The molecule has 7 heteroatoms. The van der Waals surface area contributed by atoms with E-state index >= 15 is 0 Å². The van der Waals surface area contributed by atoms with Crippen LogP contribution in [0.1, 0.15) is 31.2 Å². The van der Waals surface area contributed by atoms with Gasteiger partial charge >= 0.3 is 12.1 Å². The number of aromatic nitrogens is 1. The highest BCUT2D eigenvalue weighted by molar-refractivity contribution is 5.71. The average molecular weight is 288 g/mol. The zero-order chi connectivity index (χ0) is 14.8. The third-order valence-electron chi connectivity index (χ3n) is 3.50. The summed E-state index contributed by atoms with van der Waals surface area (Å²) in [6.45, 7) is 0. The molecule has 0 radical (unpaired) electrons. The Balaban J connectivity index is 2.14.